The zero-order chi connectivity index (χ0) is 14.1. The lowest BCUT2D eigenvalue weighted by molar-refractivity contribution is 0.0931. The third kappa shape index (κ3) is 2.44. The number of pyridine rings is 1. The predicted octanol–water partition coefficient (Wildman–Crippen LogP) is 2.05. The first-order valence-corrected chi connectivity index (χ1v) is 6.86. The average molecular weight is 270 g/mol. The number of anilines is 1. The third-order valence-electron chi connectivity index (χ3n) is 3.80. The average Bonchev–Trinajstić information content (AvgIpc) is 3.30. The fourth-order valence-electron chi connectivity index (χ4n) is 2.42. The van der Waals surface area contributed by atoms with Gasteiger partial charge in [0, 0.05) is 11.4 Å². The summed E-state index contributed by atoms with van der Waals surface area (Å²) in [7, 11) is 0. The maximum Gasteiger partial charge on any atom is 0.270 e. The van der Waals surface area contributed by atoms with Crippen molar-refractivity contribution in [3.63, 3.8) is 0 Å². The van der Waals surface area contributed by atoms with Crippen molar-refractivity contribution in [2.75, 3.05) is 5.43 Å². The highest BCUT2D eigenvalue weighted by atomic mass is 16.1. The normalized spacial score (nSPS) is 15.9. The molecule has 1 fully saturated rings. The van der Waals surface area contributed by atoms with E-state index < -0.39 is 0 Å². The molecule has 1 aliphatic carbocycles. The Bertz CT molecular complexity index is 651. The highest BCUT2D eigenvalue weighted by Gasteiger charge is 2.29. The molecule has 0 bridgehead atoms. The van der Waals surface area contributed by atoms with Crippen LogP contribution in [0, 0.1) is 5.92 Å². The van der Waals surface area contributed by atoms with Gasteiger partial charge < -0.3 is 10.7 Å². The molecule has 20 heavy (non-hydrogen) atoms. The minimum absolute atomic E-state index is 0.147. The van der Waals surface area contributed by atoms with Gasteiger partial charge in [-0.2, -0.15) is 0 Å². The number of hydrazine groups is 1. The van der Waals surface area contributed by atoms with Crippen molar-refractivity contribution in [1.29, 1.82) is 0 Å². The summed E-state index contributed by atoms with van der Waals surface area (Å²) < 4.78 is 0. The molecule has 0 spiro atoms. The van der Waals surface area contributed by atoms with Gasteiger partial charge in [-0.3, -0.25) is 4.79 Å². The van der Waals surface area contributed by atoms with E-state index in [-0.39, 0.29) is 11.9 Å². The molecule has 1 aliphatic rings. The fourth-order valence-corrected chi connectivity index (χ4v) is 2.42. The first-order valence-electron chi connectivity index (χ1n) is 6.86. The van der Waals surface area contributed by atoms with E-state index in [0.717, 1.165) is 10.8 Å². The van der Waals surface area contributed by atoms with Gasteiger partial charge in [0.25, 0.3) is 5.91 Å². The van der Waals surface area contributed by atoms with E-state index in [1.54, 1.807) is 6.07 Å². The lowest BCUT2D eigenvalue weighted by Gasteiger charge is -2.13. The van der Waals surface area contributed by atoms with Crippen LogP contribution < -0.4 is 16.6 Å². The van der Waals surface area contributed by atoms with E-state index in [4.69, 9.17) is 5.84 Å². The number of hydrogen-bond acceptors (Lipinski definition) is 4. The Balaban J connectivity index is 1.92. The molecule has 104 valence electrons. The van der Waals surface area contributed by atoms with E-state index >= 15 is 0 Å². The lowest BCUT2D eigenvalue weighted by atomic mass is 10.1. The number of fused-ring (bicyclic) bond motifs is 1. The molecule has 1 saturated carbocycles. The second kappa shape index (κ2) is 5.09. The Kier molecular flexibility index (Phi) is 3.28. The Hall–Kier alpha value is -2.14. The number of hydrogen-bond donors (Lipinski definition) is 3. The van der Waals surface area contributed by atoms with Crippen LogP contribution in [0.3, 0.4) is 0 Å². The quantitative estimate of drug-likeness (QED) is 0.587. The van der Waals surface area contributed by atoms with E-state index in [1.165, 1.54) is 12.8 Å². The van der Waals surface area contributed by atoms with Crippen LogP contribution >= 0.6 is 0 Å². The number of aromatic nitrogens is 1. The number of nitrogens with one attached hydrogen (secondary N) is 2. The van der Waals surface area contributed by atoms with Crippen molar-refractivity contribution in [2.45, 2.75) is 25.8 Å². The van der Waals surface area contributed by atoms with Gasteiger partial charge in [-0.05, 0) is 37.1 Å². The van der Waals surface area contributed by atoms with Crippen LogP contribution in [-0.4, -0.2) is 16.9 Å². The Labute approximate surface area is 117 Å². The third-order valence-corrected chi connectivity index (χ3v) is 3.80. The molecule has 1 aromatic carbocycles. The van der Waals surface area contributed by atoms with Crippen molar-refractivity contribution in [3.05, 3.63) is 36.0 Å². The summed E-state index contributed by atoms with van der Waals surface area (Å²) >= 11 is 0. The van der Waals surface area contributed by atoms with Gasteiger partial charge in [0.05, 0.1) is 0 Å². The highest BCUT2D eigenvalue weighted by molar-refractivity contribution is 6.00. The van der Waals surface area contributed by atoms with Crippen molar-refractivity contribution in [3.8, 4) is 0 Å². The molecular weight excluding hydrogens is 252 g/mol. The molecule has 3 rings (SSSR count). The number of benzene rings is 1. The van der Waals surface area contributed by atoms with Crippen molar-refractivity contribution in [2.24, 2.45) is 11.8 Å². The van der Waals surface area contributed by atoms with Gasteiger partial charge in [-0.1, -0.05) is 24.3 Å². The molecule has 0 radical (unpaired) electrons. The largest absolute Gasteiger partial charge is 0.348 e. The number of amides is 1. The molecule has 1 heterocycles. The number of nitrogen functional groups attached to an aromatic ring is 1. The first-order chi connectivity index (χ1) is 9.69. The van der Waals surface area contributed by atoms with E-state index in [9.17, 15) is 4.79 Å². The van der Waals surface area contributed by atoms with E-state index in [0.29, 0.717) is 17.4 Å². The van der Waals surface area contributed by atoms with Gasteiger partial charge in [0.1, 0.15) is 11.5 Å². The molecule has 2 aromatic rings. The van der Waals surface area contributed by atoms with E-state index in [1.807, 2.05) is 31.2 Å². The zero-order valence-corrected chi connectivity index (χ0v) is 11.4. The van der Waals surface area contributed by atoms with Gasteiger partial charge in [-0.15, -0.1) is 0 Å². The first kappa shape index (κ1) is 12.9. The van der Waals surface area contributed by atoms with Crippen molar-refractivity contribution >= 4 is 22.5 Å². The summed E-state index contributed by atoms with van der Waals surface area (Å²) in [6.07, 6.45) is 2.39. The number of carbonyl (C=O) groups excluding carboxylic acids is 1. The Morgan fingerprint density at radius 3 is 2.85 bits per heavy atom. The van der Waals surface area contributed by atoms with Crippen LogP contribution in [0.2, 0.25) is 0 Å². The second-order valence-electron chi connectivity index (χ2n) is 5.32. The number of nitrogens with two attached hydrogens (primary N) is 1. The summed E-state index contributed by atoms with van der Waals surface area (Å²) in [5.41, 5.74) is 2.96. The molecule has 4 N–H and O–H groups in total. The van der Waals surface area contributed by atoms with Crippen LogP contribution in [0.25, 0.3) is 10.8 Å². The lowest BCUT2D eigenvalue weighted by Crippen LogP contribution is -2.34. The summed E-state index contributed by atoms with van der Waals surface area (Å²) in [6, 6.07) is 9.71. The molecule has 5 nitrogen and oxygen atoms in total. The molecule has 1 unspecified atom stereocenters. The van der Waals surface area contributed by atoms with Crippen LogP contribution in [-0.2, 0) is 0 Å². The minimum atomic E-state index is -0.147. The van der Waals surface area contributed by atoms with E-state index in [2.05, 4.69) is 15.7 Å². The summed E-state index contributed by atoms with van der Waals surface area (Å²) in [5, 5.41) is 4.85. The van der Waals surface area contributed by atoms with Crippen LogP contribution in [0.15, 0.2) is 30.3 Å². The fraction of sp³-hybridized carbons (Fsp3) is 0.333. The maximum absolute atomic E-state index is 12.3. The van der Waals surface area contributed by atoms with Gasteiger partial charge in [0.15, 0.2) is 0 Å². The monoisotopic (exact) mass is 270 g/mol. The zero-order valence-electron chi connectivity index (χ0n) is 11.4. The van der Waals surface area contributed by atoms with Gasteiger partial charge >= 0.3 is 0 Å². The van der Waals surface area contributed by atoms with Gasteiger partial charge in [0.2, 0.25) is 0 Å². The molecule has 0 saturated heterocycles. The van der Waals surface area contributed by atoms with Crippen LogP contribution in [0.5, 0.6) is 0 Å². The van der Waals surface area contributed by atoms with Crippen LogP contribution in [0.4, 0.5) is 5.82 Å². The predicted molar refractivity (Wildman–Crippen MR) is 79.2 cm³/mol. The number of rotatable bonds is 4. The molecule has 1 atom stereocenters. The topological polar surface area (TPSA) is 80.0 Å². The standard InChI is InChI=1S/C15H18N4O/c1-9(10-6-7-10)17-15(20)13-8-11-4-2-3-5-12(11)14(18-13)19-16/h2-5,8-10H,6-7,16H2,1H3,(H,17,20)(H,18,19). The molecule has 5 heteroatoms. The highest BCUT2D eigenvalue weighted by Crippen LogP contribution is 2.32. The number of carbonyl (C=O) groups is 1. The number of nitrogens with zero attached hydrogens (tertiary/aromatic N) is 1. The molecule has 0 aliphatic heterocycles. The molecule has 1 aromatic heterocycles. The summed E-state index contributed by atoms with van der Waals surface area (Å²) in [4.78, 5) is 16.6. The minimum Gasteiger partial charge on any atom is -0.348 e. The van der Waals surface area contributed by atoms with Crippen molar-refractivity contribution in [1.82, 2.24) is 10.3 Å². The van der Waals surface area contributed by atoms with Crippen LogP contribution in [0.1, 0.15) is 30.3 Å². The summed E-state index contributed by atoms with van der Waals surface area (Å²) in [5.74, 6) is 6.49. The smallest absolute Gasteiger partial charge is 0.270 e. The molecule has 1 amide bonds. The Morgan fingerprint density at radius 1 is 1.40 bits per heavy atom. The summed E-state index contributed by atoms with van der Waals surface area (Å²) in [6.45, 7) is 2.04. The Morgan fingerprint density at radius 2 is 2.15 bits per heavy atom. The van der Waals surface area contributed by atoms with Gasteiger partial charge in [-0.25, -0.2) is 10.8 Å². The van der Waals surface area contributed by atoms with Crippen molar-refractivity contribution < 1.29 is 4.79 Å². The maximum atomic E-state index is 12.3. The second-order valence-corrected chi connectivity index (χ2v) is 5.32. The molecular formula is C15H18N4O. The SMILES string of the molecule is CC(NC(=O)c1cc2ccccc2c(NN)n1)C1CC1.